The molecule has 0 fully saturated rings. The normalized spacial score (nSPS) is 11.9. The predicted molar refractivity (Wildman–Crippen MR) is 68.7 cm³/mol. The van der Waals surface area contributed by atoms with Crippen LogP contribution in [-0.2, 0) is 0 Å². The third-order valence-corrected chi connectivity index (χ3v) is 2.48. The number of rotatable bonds is 6. The van der Waals surface area contributed by atoms with Crippen LogP contribution in [0.25, 0.3) is 0 Å². The van der Waals surface area contributed by atoms with Crippen LogP contribution in [0.15, 0.2) is 17.5 Å². The van der Waals surface area contributed by atoms with E-state index in [1.807, 2.05) is 18.7 Å². The highest BCUT2D eigenvalue weighted by molar-refractivity contribution is 5.94. The van der Waals surface area contributed by atoms with Gasteiger partial charge in [-0.2, -0.15) is 0 Å². The Morgan fingerprint density at radius 2 is 2.17 bits per heavy atom. The zero-order valence-corrected chi connectivity index (χ0v) is 10.6. The van der Waals surface area contributed by atoms with Gasteiger partial charge in [0.25, 0.3) is 0 Å². The van der Waals surface area contributed by atoms with Crippen molar-refractivity contribution < 1.29 is 10.3 Å². The number of hydrogen-bond donors (Lipinski definition) is 3. The molecule has 0 aromatic carbocycles. The summed E-state index contributed by atoms with van der Waals surface area (Å²) >= 11 is 0. The van der Waals surface area contributed by atoms with Gasteiger partial charge < -0.3 is 20.9 Å². The molecule has 100 valence electrons. The highest BCUT2D eigenvalue weighted by Crippen LogP contribution is 2.13. The minimum atomic E-state index is -0.0690. The second-order valence-corrected chi connectivity index (χ2v) is 4.11. The zero-order chi connectivity index (χ0) is 13.5. The van der Waals surface area contributed by atoms with Crippen molar-refractivity contribution in [2.75, 3.05) is 18.1 Å². The van der Waals surface area contributed by atoms with E-state index in [2.05, 4.69) is 15.1 Å². The summed E-state index contributed by atoms with van der Waals surface area (Å²) in [7, 11) is 0. The number of anilines is 1. The Hall–Kier alpha value is -1.89. The summed E-state index contributed by atoms with van der Waals surface area (Å²) in [5.41, 5.74) is 5.74. The molecule has 1 rings (SSSR count). The van der Waals surface area contributed by atoms with Gasteiger partial charge in [0.2, 0.25) is 0 Å². The molecule has 0 spiro atoms. The van der Waals surface area contributed by atoms with E-state index in [-0.39, 0.29) is 18.5 Å². The number of aliphatic hydroxyl groups is 1. The molecule has 0 unspecified atom stereocenters. The Kier molecular flexibility index (Phi) is 5.31. The summed E-state index contributed by atoms with van der Waals surface area (Å²) in [4.78, 5) is 10.3. The van der Waals surface area contributed by atoms with Gasteiger partial charge in [0.1, 0.15) is 11.5 Å². The van der Waals surface area contributed by atoms with Crippen LogP contribution < -0.4 is 10.6 Å². The molecular weight excluding hydrogens is 234 g/mol. The van der Waals surface area contributed by atoms with Crippen molar-refractivity contribution in [3.8, 4) is 0 Å². The summed E-state index contributed by atoms with van der Waals surface area (Å²) in [5.74, 6) is 0.633. The summed E-state index contributed by atoms with van der Waals surface area (Å²) in [6.07, 6.45) is 3.70. The predicted octanol–water partition coefficient (Wildman–Crippen LogP) is 0.168. The molecule has 0 aliphatic carbocycles. The molecule has 7 heteroatoms. The second kappa shape index (κ2) is 6.75. The molecule has 0 amide bonds. The Balaban J connectivity index is 2.86. The van der Waals surface area contributed by atoms with E-state index in [9.17, 15) is 0 Å². The van der Waals surface area contributed by atoms with Crippen molar-refractivity contribution in [2.45, 2.75) is 26.3 Å². The lowest BCUT2D eigenvalue weighted by Crippen LogP contribution is -2.33. The van der Waals surface area contributed by atoms with Crippen LogP contribution in [0.4, 0.5) is 5.82 Å². The van der Waals surface area contributed by atoms with E-state index < -0.39 is 0 Å². The molecule has 1 aromatic rings. The van der Waals surface area contributed by atoms with Gasteiger partial charge in [-0.25, -0.2) is 9.97 Å². The maximum atomic E-state index is 8.87. The van der Waals surface area contributed by atoms with Crippen molar-refractivity contribution in [3.63, 3.8) is 0 Å². The molecule has 0 saturated carbocycles. The molecule has 0 atom stereocenters. The van der Waals surface area contributed by atoms with Gasteiger partial charge in [-0.3, -0.25) is 0 Å². The van der Waals surface area contributed by atoms with Gasteiger partial charge in [0.15, 0.2) is 5.84 Å². The van der Waals surface area contributed by atoms with Crippen molar-refractivity contribution >= 4 is 11.7 Å². The number of nitrogens with zero attached hydrogens (tertiary/aromatic N) is 4. The van der Waals surface area contributed by atoms with Crippen molar-refractivity contribution in [2.24, 2.45) is 10.9 Å². The number of aromatic nitrogens is 2. The minimum Gasteiger partial charge on any atom is -0.409 e. The maximum absolute atomic E-state index is 8.87. The van der Waals surface area contributed by atoms with Crippen LogP contribution in [0.2, 0.25) is 0 Å². The van der Waals surface area contributed by atoms with Gasteiger partial charge in [0.05, 0.1) is 12.4 Å². The average Bonchev–Trinajstić information content (AvgIpc) is 2.38. The number of hydrogen-bond acceptors (Lipinski definition) is 6. The Morgan fingerprint density at radius 3 is 2.61 bits per heavy atom. The maximum Gasteiger partial charge on any atom is 0.190 e. The first-order chi connectivity index (χ1) is 8.60. The first-order valence-corrected chi connectivity index (χ1v) is 5.77. The van der Waals surface area contributed by atoms with Crippen LogP contribution in [0, 0.1) is 0 Å². The molecule has 0 radical (unpaired) electrons. The molecule has 0 bridgehead atoms. The molecule has 1 aromatic heterocycles. The minimum absolute atomic E-state index is 0.0690. The van der Waals surface area contributed by atoms with E-state index in [1.54, 1.807) is 6.20 Å². The van der Waals surface area contributed by atoms with Crippen LogP contribution in [0.5, 0.6) is 0 Å². The second-order valence-electron chi connectivity index (χ2n) is 4.11. The van der Waals surface area contributed by atoms with Gasteiger partial charge in [-0.05, 0) is 20.3 Å². The van der Waals surface area contributed by atoms with Crippen LogP contribution >= 0.6 is 0 Å². The number of nitrogens with two attached hydrogens (primary N) is 1. The largest absolute Gasteiger partial charge is 0.409 e. The van der Waals surface area contributed by atoms with Gasteiger partial charge in [-0.1, -0.05) is 5.16 Å². The van der Waals surface area contributed by atoms with Crippen LogP contribution in [-0.4, -0.2) is 45.3 Å². The van der Waals surface area contributed by atoms with Crippen molar-refractivity contribution in [1.29, 1.82) is 0 Å². The fraction of sp³-hybridized carbons (Fsp3) is 0.545. The molecule has 1 heterocycles. The Labute approximate surface area is 106 Å². The lowest BCUT2D eigenvalue weighted by atomic mass is 10.3. The van der Waals surface area contributed by atoms with E-state index >= 15 is 0 Å². The van der Waals surface area contributed by atoms with Crippen LogP contribution in [0.3, 0.4) is 0 Å². The molecule has 0 saturated heterocycles. The highest BCUT2D eigenvalue weighted by atomic mass is 16.4. The van der Waals surface area contributed by atoms with E-state index in [0.717, 1.165) is 0 Å². The number of oxime groups is 1. The number of amidine groups is 1. The van der Waals surface area contributed by atoms with E-state index in [0.29, 0.717) is 24.5 Å². The smallest absolute Gasteiger partial charge is 0.190 e. The monoisotopic (exact) mass is 253 g/mol. The average molecular weight is 253 g/mol. The first-order valence-electron chi connectivity index (χ1n) is 5.77. The van der Waals surface area contributed by atoms with Crippen molar-refractivity contribution in [1.82, 2.24) is 9.97 Å². The topological polar surface area (TPSA) is 108 Å². The molecule has 0 aliphatic heterocycles. The SMILES string of the molecule is CC(C)N(CCCO)c1cnc(C(N)=NO)cn1. The zero-order valence-electron chi connectivity index (χ0n) is 10.6. The van der Waals surface area contributed by atoms with E-state index in [1.165, 1.54) is 6.20 Å². The molecule has 18 heavy (non-hydrogen) atoms. The van der Waals surface area contributed by atoms with Gasteiger partial charge >= 0.3 is 0 Å². The quantitative estimate of drug-likeness (QED) is 0.288. The lowest BCUT2D eigenvalue weighted by molar-refractivity contribution is 0.288. The highest BCUT2D eigenvalue weighted by Gasteiger charge is 2.12. The summed E-state index contributed by atoms with van der Waals surface area (Å²) < 4.78 is 0. The summed E-state index contributed by atoms with van der Waals surface area (Å²) in [5, 5.41) is 20.3. The van der Waals surface area contributed by atoms with Crippen molar-refractivity contribution in [3.05, 3.63) is 18.1 Å². The molecule has 7 nitrogen and oxygen atoms in total. The van der Waals surface area contributed by atoms with Gasteiger partial charge in [-0.15, -0.1) is 0 Å². The van der Waals surface area contributed by atoms with E-state index in [4.69, 9.17) is 16.0 Å². The molecule has 4 N–H and O–H groups in total. The standard InChI is InChI=1S/C11H19N5O2/c1-8(2)16(4-3-5-17)10-7-13-9(6-14-10)11(12)15-18/h6-8,17-18H,3-5H2,1-2H3,(H2,12,15). The van der Waals surface area contributed by atoms with Gasteiger partial charge in [0, 0.05) is 19.2 Å². The molecular formula is C11H19N5O2. The van der Waals surface area contributed by atoms with Crippen LogP contribution in [0.1, 0.15) is 26.0 Å². The first kappa shape index (κ1) is 14.2. The lowest BCUT2D eigenvalue weighted by Gasteiger charge is -2.27. The fourth-order valence-electron chi connectivity index (χ4n) is 1.53. The fourth-order valence-corrected chi connectivity index (χ4v) is 1.53. The molecule has 0 aliphatic rings. The third kappa shape index (κ3) is 3.56. The summed E-state index contributed by atoms with van der Waals surface area (Å²) in [6.45, 7) is 4.91. The number of aliphatic hydroxyl groups excluding tert-OH is 1. The summed E-state index contributed by atoms with van der Waals surface area (Å²) in [6, 6.07) is 0.251. The Morgan fingerprint density at radius 1 is 1.44 bits per heavy atom. The Bertz CT molecular complexity index is 391. The third-order valence-electron chi connectivity index (χ3n) is 2.48.